The number of nitrogens with two attached hydrogens (primary N) is 1. The number of carbonyl (C=O) groups is 2. The lowest BCUT2D eigenvalue weighted by Gasteiger charge is -2.11. The Kier molecular flexibility index (Phi) is 6.94. The Morgan fingerprint density at radius 1 is 1.06 bits per heavy atom. The first-order chi connectivity index (χ1) is 17.3. The normalized spacial score (nSPS) is 10.6. The van der Waals surface area contributed by atoms with Crippen LogP contribution in [0.25, 0.3) is 11.0 Å². The maximum Gasteiger partial charge on any atom is 0.317 e. The van der Waals surface area contributed by atoms with Gasteiger partial charge in [-0.05, 0) is 36.2 Å². The molecular formula is C26H19FN4O4S. The molecule has 0 aliphatic carbocycles. The summed E-state index contributed by atoms with van der Waals surface area (Å²) in [6.07, 6.45) is 0.508. The van der Waals surface area contributed by atoms with Gasteiger partial charge in [0, 0.05) is 12.0 Å². The number of nitrogens with one attached hydrogen (secondary N) is 2. The van der Waals surface area contributed by atoms with Crippen LogP contribution in [0, 0.1) is 17.1 Å². The van der Waals surface area contributed by atoms with Gasteiger partial charge in [0.15, 0.2) is 5.75 Å². The third-order valence-corrected chi connectivity index (χ3v) is 5.81. The number of nitriles is 1. The largest absolute Gasteiger partial charge is 0.504 e. The number of urea groups is 1. The van der Waals surface area contributed by atoms with Crippen LogP contribution in [0.2, 0.25) is 0 Å². The lowest BCUT2D eigenvalue weighted by Crippen LogP contribution is -2.34. The first-order valence-corrected chi connectivity index (χ1v) is 11.1. The minimum absolute atomic E-state index is 0.0424. The number of nitrogens with zero attached hydrogens (tertiary/aromatic N) is 1. The molecule has 180 valence electrons. The second-order valence-electron chi connectivity index (χ2n) is 7.76. The number of benzene rings is 3. The van der Waals surface area contributed by atoms with Crippen LogP contribution < -0.4 is 16.4 Å². The van der Waals surface area contributed by atoms with Crippen molar-refractivity contribution in [2.75, 3.05) is 5.32 Å². The van der Waals surface area contributed by atoms with Crippen molar-refractivity contribution in [1.82, 2.24) is 5.32 Å². The number of aryl methyl sites for hydroxylation is 2. The molecule has 0 radical (unpaired) electrons. The standard InChI is InChI=1S/C26H19FN4O4S/c27-18-8-2-1-6-15(18)24(33)30-19-9-3-5-14(17(19)13-28)11-12-21-23(32)22-16(25(36)31-26(29)34)7-4-10-20(22)35-21/h1-10,32H,11-12H2,(H,30,33)(H3,29,31,34,36). The first kappa shape index (κ1) is 24.4. The van der Waals surface area contributed by atoms with E-state index in [1.54, 1.807) is 42.5 Å². The molecule has 0 saturated heterocycles. The number of anilines is 1. The van der Waals surface area contributed by atoms with Crippen molar-refractivity contribution < 1.29 is 23.5 Å². The van der Waals surface area contributed by atoms with Gasteiger partial charge in [-0.15, -0.1) is 0 Å². The minimum atomic E-state index is -0.828. The van der Waals surface area contributed by atoms with Crippen molar-refractivity contribution in [1.29, 1.82) is 5.26 Å². The molecule has 0 spiro atoms. The molecule has 4 rings (SSSR count). The summed E-state index contributed by atoms with van der Waals surface area (Å²) in [6, 6.07) is 16.7. The van der Waals surface area contributed by atoms with Gasteiger partial charge in [0.1, 0.15) is 28.2 Å². The summed E-state index contributed by atoms with van der Waals surface area (Å²) in [5.41, 5.74) is 6.79. The van der Waals surface area contributed by atoms with Crippen LogP contribution in [0.15, 0.2) is 65.1 Å². The molecule has 8 nitrogen and oxygen atoms in total. The lowest BCUT2D eigenvalue weighted by atomic mass is 10.00. The highest BCUT2D eigenvalue weighted by Crippen LogP contribution is 2.36. The molecule has 3 amide bonds. The van der Waals surface area contributed by atoms with E-state index in [0.29, 0.717) is 28.5 Å². The number of furan rings is 1. The van der Waals surface area contributed by atoms with E-state index in [2.05, 4.69) is 16.7 Å². The predicted molar refractivity (Wildman–Crippen MR) is 135 cm³/mol. The van der Waals surface area contributed by atoms with Gasteiger partial charge >= 0.3 is 6.03 Å². The van der Waals surface area contributed by atoms with Gasteiger partial charge in [0.2, 0.25) is 0 Å². The van der Waals surface area contributed by atoms with E-state index in [9.17, 15) is 24.3 Å². The summed E-state index contributed by atoms with van der Waals surface area (Å²) in [5, 5.41) is 25.8. The number of amides is 3. The van der Waals surface area contributed by atoms with Crippen LogP contribution in [0.5, 0.6) is 5.75 Å². The summed E-state index contributed by atoms with van der Waals surface area (Å²) in [7, 11) is 0. The molecule has 3 aromatic carbocycles. The quantitative estimate of drug-likeness (QED) is 0.286. The highest BCUT2D eigenvalue weighted by atomic mass is 32.1. The zero-order valence-electron chi connectivity index (χ0n) is 18.7. The van der Waals surface area contributed by atoms with Crippen LogP contribution in [-0.4, -0.2) is 22.0 Å². The summed E-state index contributed by atoms with van der Waals surface area (Å²) < 4.78 is 19.8. The Morgan fingerprint density at radius 2 is 1.78 bits per heavy atom. The van der Waals surface area contributed by atoms with E-state index in [4.69, 9.17) is 22.4 Å². The first-order valence-electron chi connectivity index (χ1n) is 10.7. The Hall–Kier alpha value is -4.75. The number of primary amides is 1. The van der Waals surface area contributed by atoms with Gasteiger partial charge in [0.05, 0.1) is 22.2 Å². The van der Waals surface area contributed by atoms with Crippen LogP contribution in [-0.2, 0) is 12.8 Å². The maximum atomic E-state index is 14.0. The molecule has 0 bridgehead atoms. The van der Waals surface area contributed by atoms with E-state index >= 15 is 0 Å². The van der Waals surface area contributed by atoms with Gasteiger partial charge in [-0.25, -0.2) is 9.18 Å². The number of halogens is 1. The highest BCUT2D eigenvalue weighted by Gasteiger charge is 2.20. The number of hydrogen-bond donors (Lipinski definition) is 4. The molecule has 0 aliphatic heterocycles. The topological polar surface area (TPSA) is 141 Å². The van der Waals surface area contributed by atoms with Crippen molar-refractivity contribution in [3.8, 4) is 11.8 Å². The lowest BCUT2D eigenvalue weighted by molar-refractivity contribution is 0.102. The second kappa shape index (κ2) is 10.2. The fourth-order valence-corrected chi connectivity index (χ4v) is 4.12. The zero-order chi connectivity index (χ0) is 25.8. The molecule has 0 aliphatic rings. The molecule has 0 unspecified atom stereocenters. The van der Waals surface area contributed by atoms with E-state index in [1.807, 2.05) is 0 Å². The van der Waals surface area contributed by atoms with Crippen molar-refractivity contribution >= 4 is 45.8 Å². The zero-order valence-corrected chi connectivity index (χ0v) is 19.5. The van der Waals surface area contributed by atoms with E-state index < -0.39 is 17.8 Å². The SMILES string of the molecule is N#Cc1c(CCc2oc3cccc(C(=S)NC(N)=O)c3c2O)cccc1NC(=O)c1ccccc1F. The fourth-order valence-electron chi connectivity index (χ4n) is 3.85. The van der Waals surface area contributed by atoms with Crippen LogP contribution in [0.4, 0.5) is 14.9 Å². The fraction of sp³-hybridized carbons (Fsp3) is 0.0769. The third kappa shape index (κ3) is 4.87. The van der Waals surface area contributed by atoms with Crippen molar-refractivity contribution in [3.05, 3.63) is 94.5 Å². The Morgan fingerprint density at radius 3 is 2.50 bits per heavy atom. The van der Waals surface area contributed by atoms with Gasteiger partial charge < -0.3 is 20.6 Å². The molecular weight excluding hydrogens is 483 g/mol. The number of carbonyl (C=O) groups excluding carboxylic acids is 2. The Balaban J connectivity index is 1.59. The van der Waals surface area contributed by atoms with Crippen LogP contribution in [0.3, 0.4) is 0 Å². The van der Waals surface area contributed by atoms with E-state index in [0.717, 1.165) is 0 Å². The number of rotatable bonds is 6. The Bertz CT molecular complexity index is 1560. The van der Waals surface area contributed by atoms with Gasteiger partial charge in [-0.3, -0.25) is 10.1 Å². The highest BCUT2D eigenvalue weighted by molar-refractivity contribution is 7.80. The van der Waals surface area contributed by atoms with Crippen molar-refractivity contribution in [2.24, 2.45) is 5.73 Å². The number of thiocarbonyl (C=S) groups is 1. The van der Waals surface area contributed by atoms with Crippen LogP contribution in [0.1, 0.15) is 32.8 Å². The summed E-state index contributed by atoms with van der Waals surface area (Å²) in [5.74, 6) is -1.24. The number of aromatic hydroxyl groups is 1. The van der Waals surface area contributed by atoms with E-state index in [1.165, 1.54) is 18.2 Å². The van der Waals surface area contributed by atoms with Gasteiger partial charge in [-0.2, -0.15) is 5.26 Å². The molecule has 1 aromatic heterocycles. The minimum Gasteiger partial charge on any atom is -0.504 e. The van der Waals surface area contributed by atoms with Gasteiger partial charge in [-0.1, -0.05) is 48.6 Å². The molecule has 0 atom stereocenters. The van der Waals surface area contributed by atoms with Gasteiger partial charge in [0.25, 0.3) is 5.91 Å². The molecule has 5 N–H and O–H groups in total. The number of fused-ring (bicyclic) bond motifs is 1. The molecule has 1 heterocycles. The number of hydrogen-bond acceptors (Lipinski definition) is 6. The predicted octanol–water partition coefficient (Wildman–Crippen LogP) is 4.53. The second-order valence-corrected chi connectivity index (χ2v) is 8.16. The molecule has 36 heavy (non-hydrogen) atoms. The molecule has 4 aromatic rings. The van der Waals surface area contributed by atoms with Crippen LogP contribution >= 0.6 is 12.2 Å². The average Bonchev–Trinajstić information content (AvgIpc) is 3.18. The third-order valence-electron chi connectivity index (χ3n) is 5.49. The van der Waals surface area contributed by atoms with Crippen molar-refractivity contribution in [2.45, 2.75) is 12.8 Å². The van der Waals surface area contributed by atoms with Crippen molar-refractivity contribution in [3.63, 3.8) is 0 Å². The maximum absolute atomic E-state index is 14.0. The Labute approximate surface area is 210 Å². The molecule has 0 fully saturated rings. The monoisotopic (exact) mass is 502 g/mol. The average molecular weight is 503 g/mol. The van der Waals surface area contributed by atoms with E-state index in [-0.39, 0.29) is 39.7 Å². The summed E-state index contributed by atoms with van der Waals surface area (Å²) >= 11 is 5.20. The molecule has 0 saturated carbocycles. The summed E-state index contributed by atoms with van der Waals surface area (Å²) in [4.78, 5) is 23.8. The molecule has 10 heteroatoms. The smallest absolute Gasteiger partial charge is 0.317 e. The summed E-state index contributed by atoms with van der Waals surface area (Å²) in [6.45, 7) is 0.